The smallest absolute Gasteiger partial charge is 0.352 e. The fraction of sp³-hybridized carbons (Fsp3) is 0.917. The first-order valence-corrected chi connectivity index (χ1v) is 6.56. The lowest BCUT2D eigenvalue weighted by molar-refractivity contribution is -0.198. The quantitative estimate of drug-likeness (QED) is 0.799. The highest BCUT2D eigenvalue weighted by Gasteiger charge is 2.48. The van der Waals surface area contributed by atoms with Gasteiger partial charge in [-0.1, -0.05) is 12.8 Å². The van der Waals surface area contributed by atoms with Gasteiger partial charge in [0.05, 0.1) is 5.92 Å². The molecule has 6 heteroatoms. The number of halogens is 3. The van der Waals surface area contributed by atoms with Gasteiger partial charge in [0.1, 0.15) is 0 Å². The third-order valence-corrected chi connectivity index (χ3v) is 3.93. The molecule has 1 aliphatic carbocycles. The van der Waals surface area contributed by atoms with E-state index < -0.39 is 23.9 Å². The highest BCUT2D eigenvalue weighted by Crippen LogP contribution is 2.41. The number of rotatable bonds is 2. The number of carbonyl (C=O) groups is 1. The average Bonchev–Trinajstić information content (AvgIpc) is 2.80. The second kappa shape index (κ2) is 5.47. The predicted octanol–water partition coefficient (Wildman–Crippen LogP) is 1.83. The lowest BCUT2D eigenvalue weighted by Crippen LogP contribution is -2.46. The van der Waals surface area contributed by atoms with Crippen molar-refractivity contribution in [2.75, 3.05) is 13.1 Å². The molecule has 2 rings (SSSR count). The first-order valence-electron chi connectivity index (χ1n) is 6.56. The minimum atomic E-state index is -4.25. The van der Waals surface area contributed by atoms with E-state index in [1.807, 2.05) is 0 Å². The highest BCUT2D eigenvalue weighted by molar-refractivity contribution is 5.79. The highest BCUT2D eigenvalue weighted by atomic mass is 19.4. The van der Waals surface area contributed by atoms with Crippen molar-refractivity contribution in [2.45, 2.75) is 44.3 Å². The number of nitrogens with one attached hydrogen (secondary N) is 2. The molecule has 0 bridgehead atoms. The van der Waals surface area contributed by atoms with Crippen LogP contribution in [0.4, 0.5) is 13.2 Å². The summed E-state index contributed by atoms with van der Waals surface area (Å²) in [6.07, 6.45) is -1.72. The van der Waals surface area contributed by atoms with Crippen molar-refractivity contribution in [3.63, 3.8) is 0 Å². The van der Waals surface area contributed by atoms with Crippen LogP contribution in [0.2, 0.25) is 0 Å². The SMILES string of the molecule is O=C(N[C@H]1CCNC1)C1CCCCC1C(F)(F)F. The third-order valence-electron chi connectivity index (χ3n) is 3.93. The molecule has 1 saturated carbocycles. The molecule has 0 radical (unpaired) electrons. The van der Waals surface area contributed by atoms with Crippen LogP contribution in [-0.2, 0) is 4.79 Å². The normalized spacial score (nSPS) is 33.4. The molecule has 0 aromatic carbocycles. The maximum atomic E-state index is 12.9. The van der Waals surface area contributed by atoms with Crippen LogP contribution in [0.1, 0.15) is 32.1 Å². The Labute approximate surface area is 104 Å². The van der Waals surface area contributed by atoms with Crippen molar-refractivity contribution in [1.29, 1.82) is 0 Å². The van der Waals surface area contributed by atoms with Gasteiger partial charge in [-0.25, -0.2) is 0 Å². The fourth-order valence-corrected chi connectivity index (χ4v) is 2.92. The fourth-order valence-electron chi connectivity index (χ4n) is 2.92. The average molecular weight is 264 g/mol. The van der Waals surface area contributed by atoms with Crippen LogP contribution < -0.4 is 10.6 Å². The summed E-state index contributed by atoms with van der Waals surface area (Å²) in [5.74, 6) is -2.76. The zero-order valence-electron chi connectivity index (χ0n) is 10.2. The zero-order valence-corrected chi connectivity index (χ0v) is 10.2. The molecule has 1 amide bonds. The van der Waals surface area contributed by atoms with Gasteiger partial charge in [0, 0.05) is 18.5 Å². The Balaban J connectivity index is 1.97. The monoisotopic (exact) mass is 264 g/mol. The van der Waals surface area contributed by atoms with E-state index in [2.05, 4.69) is 10.6 Å². The van der Waals surface area contributed by atoms with E-state index in [1.54, 1.807) is 0 Å². The minimum absolute atomic E-state index is 0.00619. The number of hydrogen-bond donors (Lipinski definition) is 2. The summed E-state index contributed by atoms with van der Waals surface area (Å²) in [4.78, 5) is 12.0. The van der Waals surface area contributed by atoms with Crippen LogP contribution in [0.25, 0.3) is 0 Å². The molecule has 2 fully saturated rings. The van der Waals surface area contributed by atoms with Crippen LogP contribution in [0.3, 0.4) is 0 Å². The van der Waals surface area contributed by atoms with Crippen LogP contribution in [0.15, 0.2) is 0 Å². The van der Waals surface area contributed by atoms with Gasteiger partial charge >= 0.3 is 6.18 Å². The molecule has 3 atom stereocenters. The van der Waals surface area contributed by atoms with Gasteiger partial charge < -0.3 is 10.6 Å². The molecule has 2 unspecified atom stereocenters. The van der Waals surface area contributed by atoms with Gasteiger partial charge in [-0.15, -0.1) is 0 Å². The van der Waals surface area contributed by atoms with Crippen LogP contribution in [0, 0.1) is 11.8 Å². The van der Waals surface area contributed by atoms with Gasteiger partial charge in [0.25, 0.3) is 0 Å². The summed E-state index contributed by atoms with van der Waals surface area (Å²) in [5, 5.41) is 5.83. The molecule has 1 saturated heterocycles. The van der Waals surface area contributed by atoms with E-state index in [-0.39, 0.29) is 12.5 Å². The van der Waals surface area contributed by atoms with E-state index >= 15 is 0 Å². The van der Waals surface area contributed by atoms with Crippen molar-refractivity contribution < 1.29 is 18.0 Å². The molecule has 1 aliphatic heterocycles. The van der Waals surface area contributed by atoms with Gasteiger partial charge in [-0.05, 0) is 25.8 Å². The Morgan fingerprint density at radius 2 is 1.89 bits per heavy atom. The predicted molar refractivity (Wildman–Crippen MR) is 60.9 cm³/mol. The molecule has 3 nitrogen and oxygen atoms in total. The molecule has 1 heterocycles. The molecule has 18 heavy (non-hydrogen) atoms. The molecule has 2 N–H and O–H groups in total. The number of carbonyl (C=O) groups excluding carboxylic acids is 1. The second-order valence-electron chi connectivity index (χ2n) is 5.24. The van der Waals surface area contributed by atoms with Gasteiger partial charge in [-0.3, -0.25) is 4.79 Å². The topological polar surface area (TPSA) is 41.1 Å². The van der Waals surface area contributed by atoms with Crippen molar-refractivity contribution in [3.8, 4) is 0 Å². The molecular formula is C12H19F3N2O. The van der Waals surface area contributed by atoms with Crippen LogP contribution >= 0.6 is 0 Å². The van der Waals surface area contributed by atoms with Crippen molar-refractivity contribution >= 4 is 5.91 Å². The molecule has 0 aromatic heterocycles. The first-order chi connectivity index (χ1) is 8.48. The Hall–Kier alpha value is -0.780. The van der Waals surface area contributed by atoms with E-state index in [1.165, 1.54) is 0 Å². The summed E-state index contributed by atoms with van der Waals surface area (Å²) in [5.41, 5.74) is 0. The Bertz CT molecular complexity index is 300. The Kier molecular flexibility index (Phi) is 4.14. The summed E-state index contributed by atoms with van der Waals surface area (Å²) in [6.45, 7) is 1.48. The standard InChI is InChI=1S/C12H19F3N2O/c13-12(14,15)10-4-2-1-3-9(10)11(18)17-8-5-6-16-7-8/h8-10,16H,1-7H2,(H,17,18)/t8-,9?,10?/m0/s1. The van der Waals surface area contributed by atoms with E-state index in [9.17, 15) is 18.0 Å². The van der Waals surface area contributed by atoms with Gasteiger partial charge in [0.2, 0.25) is 5.91 Å². The van der Waals surface area contributed by atoms with Crippen molar-refractivity contribution in [1.82, 2.24) is 10.6 Å². The molecular weight excluding hydrogens is 245 g/mol. The number of amides is 1. The maximum absolute atomic E-state index is 12.9. The summed E-state index contributed by atoms with van der Waals surface area (Å²) < 4.78 is 38.6. The van der Waals surface area contributed by atoms with E-state index in [4.69, 9.17) is 0 Å². The Morgan fingerprint density at radius 1 is 1.17 bits per heavy atom. The molecule has 104 valence electrons. The van der Waals surface area contributed by atoms with Gasteiger partial charge in [-0.2, -0.15) is 13.2 Å². The summed E-state index contributed by atoms with van der Waals surface area (Å²) in [7, 11) is 0. The zero-order chi connectivity index (χ0) is 13.2. The molecule has 2 aliphatic rings. The maximum Gasteiger partial charge on any atom is 0.392 e. The van der Waals surface area contributed by atoms with Crippen molar-refractivity contribution in [2.24, 2.45) is 11.8 Å². The molecule has 0 aromatic rings. The van der Waals surface area contributed by atoms with E-state index in [0.717, 1.165) is 13.0 Å². The van der Waals surface area contributed by atoms with Crippen LogP contribution in [-0.4, -0.2) is 31.2 Å². The lowest BCUT2D eigenvalue weighted by Gasteiger charge is -2.32. The molecule has 0 spiro atoms. The number of alkyl halides is 3. The Morgan fingerprint density at radius 3 is 2.50 bits per heavy atom. The lowest BCUT2D eigenvalue weighted by atomic mass is 9.78. The first kappa shape index (κ1) is 13.6. The van der Waals surface area contributed by atoms with Gasteiger partial charge in [0.15, 0.2) is 0 Å². The summed E-state index contributed by atoms with van der Waals surface area (Å²) in [6, 6.07) is -0.00619. The second-order valence-corrected chi connectivity index (χ2v) is 5.24. The number of hydrogen-bond acceptors (Lipinski definition) is 2. The van der Waals surface area contributed by atoms with Crippen molar-refractivity contribution in [3.05, 3.63) is 0 Å². The minimum Gasteiger partial charge on any atom is -0.352 e. The largest absolute Gasteiger partial charge is 0.392 e. The summed E-state index contributed by atoms with van der Waals surface area (Å²) >= 11 is 0. The third kappa shape index (κ3) is 3.16. The van der Waals surface area contributed by atoms with E-state index in [0.29, 0.717) is 25.8 Å². The van der Waals surface area contributed by atoms with Crippen LogP contribution in [0.5, 0.6) is 0 Å².